The van der Waals surface area contributed by atoms with Crippen LogP contribution in [0.15, 0.2) is 67.0 Å². The number of pyridine rings is 2. The zero-order valence-corrected chi connectivity index (χ0v) is 22.4. The summed E-state index contributed by atoms with van der Waals surface area (Å²) < 4.78 is 18.4. The summed E-state index contributed by atoms with van der Waals surface area (Å²) in [5.74, 6) is 2.07. The number of ether oxygens (including phenoxy) is 3. The van der Waals surface area contributed by atoms with E-state index in [1.54, 1.807) is 23.2 Å². The highest BCUT2D eigenvalue weighted by atomic mass is 32.1. The quantitative estimate of drug-likeness (QED) is 0.402. The first-order valence-electron chi connectivity index (χ1n) is 12.3. The number of urea groups is 1. The van der Waals surface area contributed by atoms with E-state index in [0.29, 0.717) is 43.2 Å². The summed E-state index contributed by atoms with van der Waals surface area (Å²) in [6, 6.07) is 15.6. The van der Waals surface area contributed by atoms with E-state index in [4.69, 9.17) is 14.2 Å². The molecule has 0 spiro atoms. The SMILES string of the molecule is CC(C)(C)NC(=O)N(S)c1ccc(OC(=O)N2CCC(Oc3ccc(Oc4ccccn4)cc3)CC2)nc1. The van der Waals surface area contributed by atoms with Crippen molar-refractivity contribution < 1.29 is 23.8 Å². The fourth-order valence-corrected chi connectivity index (χ4v) is 3.83. The number of likely N-dealkylation sites (tertiary alicyclic amines) is 1. The molecule has 0 atom stereocenters. The third-order valence-electron chi connectivity index (χ3n) is 5.52. The van der Waals surface area contributed by atoms with Crippen molar-refractivity contribution in [2.75, 3.05) is 17.4 Å². The maximum absolute atomic E-state index is 12.6. The van der Waals surface area contributed by atoms with E-state index >= 15 is 0 Å². The molecule has 0 bridgehead atoms. The van der Waals surface area contributed by atoms with Crippen LogP contribution in [-0.4, -0.2) is 51.7 Å². The third kappa shape index (κ3) is 7.75. The molecule has 3 aromatic rings. The molecule has 1 fully saturated rings. The fraction of sp³-hybridized carbons (Fsp3) is 0.333. The molecule has 1 aliphatic rings. The standard InChI is InChI=1S/C27H31N5O5S/c1-27(2,3)30-25(33)32(38)19-7-12-24(29-18-19)37-26(34)31-16-13-22(14-17-31)35-20-8-10-21(11-9-20)36-23-6-4-5-15-28-23/h4-12,15,18,22,38H,13-14,16-17H2,1-3H3,(H,30,33). The Labute approximate surface area is 227 Å². The minimum Gasteiger partial charge on any atom is -0.490 e. The van der Waals surface area contributed by atoms with Crippen LogP contribution in [0.4, 0.5) is 15.3 Å². The van der Waals surface area contributed by atoms with Gasteiger partial charge in [-0.2, -0.15) is 0 Å². The number of hydrogen-bond acceptors (Lipinski definition) is 8. The minimum absolute atomic E-state index is 0.0142. The van der Waals surface area contributed by atoms with Crippen LogP contribution in [0.1, 0.15) is 33.6 Å². The van der Waals surface area contributed by atoms with Gasteiger partial charge >= 0.3 is 12.1 Å². The molecule has 1 aliphatic heterocycles. The lowest BCUT2D eigenvalue weighted by Crippen LogP contribution is -2.45. The Morgan fingerprint density at radius 2 is 1.68 bits per heavy atom. The van der Waals surface area contributed by atoms with Crippen LogP contribution in [-0.2, 0) is 0 Å². The van der Waals surface area contributed by atoms with Gasteiger partial charge in [0.15, 0.2) is 0 Å². The minimum atomic E-state index is -0.479. The Hall–Kier alpha value is -3.99. The molecule has 0 saturated carbocycles. The Bertz CT molecular complexity index is 1210. The zero-order chi connectivity index (χ0) is 27.1. The van der Waals surface area contributed by atoms with Gasteiger partial charge in [-0.05, 0) is 57.2 Å². The van der Waals surface area contributed by atoms with E-state index in [-0.39, 0.29) is 18.0 Å². The summed E-state index contributed by atoms with van der Waals surface area (Å²) in [5.41, 5.74) is 0.0450. The highest BCUT2D eigenvalue weighted by Crippen LogP contribution is 2.25. The number of aromatic nitrogens is 2. The number of nitrogens with one attached hydrogen (secondary N) is 1. The van der Waals surface area contributed by atoms with E-state index in [1.807, 2.05) is 57.2 Å². The van der Waals surface area contributed by atoms with Crippen LogP contribution in [0.2, 0.25) is 0 Å². The van der Waals surface area contributed by atoms with E-state index in [2.05, 4.69) is 28.1 Å². The molecule has 0 radical (unpaired) electrons. The predicted molar refractivity (Wildman–Crippen MR) is 146 cm³/mol. The molecule has 10 nitrogen and oxygen atoms in total. The molecule has 0 unspecified atom stereocenters. The van der Waals surface area contributed by atoms with Gasteiger partial charge in [0.05, 0.1) is 11.9 Å². The maximum atomic E-state index is 12.6. The summed E-state index contributed by atoms with van der Waals surface area (Å²) in [6.07, 6.45) is 3.95. The van der Waals surface area contributed by atoms with Crippen molar-refractivity contribution in [2.24, 2.45) is 0 Å². The smallest absolute Gasteiger partial charge is 0.416 e. The lowest BCUT2D eigenvalue weighted by molar-refractivity contribution is 0.0923. The second-order valence-corrected chi connectivity index (χ2v) is 10.2. The first kappa shape index (κ1) is 27.1. The van der Waals surface area contributed by atoms with E-state index in [9.17, 15) is 9.59 Å². The largest absolute Gasteiger partial charge is 0.490 e. The molecule has 1 N–H and O–H groups in total. The Morgan fingerprint density at radius 3 is 2.29 bits per heavy atom. The van der Waals surface area contributed by atoms with Gasteiger partial charge in [0.2, 0.25) is 11.8 Å². The van der Waals surface area contributed by atoms with E-state index in [0.717, 1.165) is 10.1 Å². The van der Waals surface area contributed by atoms with Crippen LogP contribution < -0.4 is 23.8 Å². The van der Waals surface area contributed by atoms with Gasteiger partial charge in [-0.15, -0.1) is 0 Å². The van der Waals surface area contributed by atoms with Crippen LogP contribution in [0.25, 0.3) is 0 Å². The summed E-state index contributed by atoms with van der Waals surface area (Å²) in [5, 5.41) is 2.81. The van der Waals surface area contributed by atoms with E-state index < -0.39 is 11.6 Å². The lowest BCUT2D eigenvalue weighted by Gasteiger charge is -2.31. The number of anilines is 1. The molecule has 38 heavy (non-hydrogen) atoms. The van der Waals surface area contributed by atoms with Gasteiger partial charge in [0.1, 0.15) is 17.6 Å². The van der Waals surface area contributed by atoms with Gasteiger partial charge in [0.25, 0.3) is 0 Å². The van der Waals surface area contributed by atoms with Crippen LogP contribution in [0.3, 0.4) is 0 Å². The van der Waals surface area contributed by atoms with Crippen molar-refractivity contribution in [1.82, 2.24) is 20.2 Å². The number of benzene rings is 1. The first-order valence-corrected chi connectivity index (χ1v) is 12.7. The first-order chi connectivity index (χ1) is 18.2. The molecule has 1 saturated heterocycles. The molecular formula is C27H31N5O5S. The molecule has 11 heteroatoms. The highest BCUT2D eigenvalue weighted by Gasteiger charge is 2.26. The predicted octanol–water partition coefficient (Wildman–Crippen LogP) is 5.47. The van der Waals surface area contributed by atoms with Crippen LogP contribution >= 0.6 is 12.8 Å². The number of amides is 3. The average molecular weight is 538 g/mol. The van der Waals surface area contributed by atoms with Gasteiger partial charge < -0.3 is 24.4 Å². The number of thiol groups is 1. The van der Waals surface area contributed by atoms with Crippen LogP contribution in [0.5, 0.6) is 23.3 Å². The maximum Gasteiger partial charge on any atom is 0.416 e. The number of piperidine rings is 1. The number of hydrogen-bond donors (Lipinski definition) is 2. The fourth-order valence-electron chi connectivity index (χ4n) is 3.67. The number of carbonyl (C=O) groups is 2. The molecular weight excluding hydrogens is 506 g/mol. The monoisotopic (exact) mass is 537 g/mol. The molecule has 3 amide bonds. The molecule has 3 heterocycles. The van der Waals surface area contributed by atoms with Crippen molar-refractivity contribution in [3.8, 4) is 23.3 Å². The summed E-state index contributed by atoms with van der Waals surface area (Å²) in [4.78, 5) is 34.8. The van der Waals surface area contributed by atoms with Crippen molar-refractivity contribution >= 4 is 30.6 Å². The second kappa shape index (κ2) is 12.0. The van der Waals surface area contributed by atoms with E-state index in [1.165, 1.54) is 12.3 Å². The van der Waals surface area contributed by atoms with Gasteiger partial charge in [-0.25, -0.2) is 23.9 Å². The zero-order valence-electron chi connectivity index (χ0n) is 21.5. The Morgan fingerprint density at radius 1 is 0.974 bits per heavy atom. The van der Waals surface area contributed by atoms with Crippen molar-refractivity contribution in [3.63, 3.8) is 0 Å². The lowest BCUT2D eigenvalue weighted by atomic mass is 10.1. The van der Waals surface area contributed by atoms with Gasteiger partial charge in [-0.1, -0.05) is 18.9 Å². The normalized spacial score (nSPS) is 13.9. The Kier molecular flexibility index (Phi) is 8.57. The highest BCUT2D eigenvalue weighted by molar-refractivity contribution is 7.82. The Balaban J connectivity index is 1.22. The molecule has 4 rings (SSSR count). The second-order valence-electron chi connectivity index (χ2n) is 9.76. The third-order valence-corrected chi connectivity index (χ3v) is 5.93. The van der Waals surface area contributed by atoms with Crippen molar-refractivity contribution in [3.05, 3.63) is 67.0 Å². The molecule has 2 aromatic heterocycles. The number of carbonyl (C=O) groups excluding carboxylic acids is 2. The summed E-state index contributed by atoms with van der Waals surface area (Å²) in [7, 11) is 0. The van der Waals surface area contributed by atoms with Crippen molar-refractivity contribution in [2.45, 2.75) is 45.3 Å². The number of rotatable bonds is 6. The molecule has 0 aliphatic carbocycles. The van der Waals surface area contributed by atoms with Crippen LogP contribution in [0, 0.1) is 0 Å². The summed E-state index contributed by atoms with van der Waals surface area (Å²) in [6.45, 7) is 6.63. The average Bonchev–Trinajstić information content (AvgIpc) is 2.90. The van der Waals surface area contributed by atoms with Crippen molar-refractivity contribution in [1.29, 1.82) is 0 Å². The molecule has 200 valence electrons. The summed E-state index contributed by atoms with van der Waals surface area (Å²) >= 11 is 4.23. The molecule has 1 aromatic carbocycles. The van der Waals surface area contributed by atoms with Gasteiger partial charge in [0, 0.05) is 49.8 Å². The van der Waals surface area contributed by atoms with Gasteiger partial charge in [-0.3, -0.25) is 0 Å². The number of nitrogens with zero attached hydrogens (tertiary/aromatic N) is 4. The topological polar surface area (TPSA) is 106 Å².